The number of carbonyl (C=O) groups excluding carboxylic acids is 2. The van der Waals surface area contributed by atoms with E-state index in [9.17, 15) is 9.59 Å². The number of hydrogen-bond donors (Lipinski definition) is 2. The Labute approximate surface area is 148 Å². The third-order valence-electron chi connectivity index (χ3n) is 4.99. The fourth-order valence-electron chi connectivity index (χ4n) is 3.69. The fraction of sp³-hybridized carbons (Fsp3) is 0.150. The lowest BCUT2D eigenvalue weighted by atomic mass is 9.90. The van der Waals surface area contributed by atoms with Crippen LogP contribution in [0.15, 0.2) is 53.4 Å². The van der Waals surface area contributed by atoms with Gasteiger partial charge < -0.3 is 9.40 Å². The van der Waals surface area contributed by atoms with E-state index in [1.165, 1.54) is 0 Å². The number of aromatic amines is 1. The van der Waals surface area contributed by atoms with Crippen LogP contribution in [0.3, 0.4) is 0 Å². The average molecular weight is 345 g/mol. The second kappa shape index (κ2) is 5.56. The minimum absolute atomic E-state index is 0.213. The normalized spacial score (nSPS) is 17.8. The SMILES string of the molecule is O=C1CCC(c2coc3cc(-c4ccnc5[nH]ccc45)ccc23)C(=O)N1. The highest BCUT2D eigenvalue weighted by Gasteiger charge is 2.30. The number of furan rings is 1. The van der Waals surface area contributed by atoms with Crippen molar-refractivity contribution in [1.82, 2.24) is 15.3 Å². The van der Waals surface area contributed by atoms with Crippen molar-refractivity contribution in [2.45, 2.75) is 18.8 Å². The van der Waals surface area contributed by atoms with Gasteiger partial charge in [0.1, 0.15) is 11.2 Å². The van der Waals surface area contributed by atoms with E-state index in [1.54, 1.807) is 12.5 Å². The minimum Gasteiger partial charge on any atom is -0.464 e. The van der Waals surface area contributed by atoms with Gasteiger partial charge in [-0.25, -0.2) is 4.98 Å². The molecule has 1 atom stereocenters. The van der Waals surface area contributed by atoms with Gasteiger partial charge >= 0.3 is 0 Å². The third kappa shape index (κ3) is 2.23. The van der Waals surface area contributed by atoms with Gasteiger partial charge in [-0.1, -0.05) is 12.1 Å². The molecule has 2 amide bonds. The topological polar surface area (TPSA) is 88.0 Å². The van der Waals surface area contributed by atoms with E-state index < -0.39 is 0 Å². The first-order valence-corrected chi connectivity index (χ1v) is 8.48. The van der Waals surface area contributed by atoms with E-state index in [0.717, 1.165) is 38.7 Å². The van der Waals surface area contributed by atoms with E-state index in [0.29, 0.717) is 12.8 Å². The number of rotatable bonds is 2. The van der Waals surface area contributed by atoms with Gasteiger partial charge in [0.2, 0.25) is 11.8 Å². The number of hydrogen-bond acceptors (Lipinski definition) is 4. The second-order valence-electron chi connectivity index (χ2n) is 6.50. The lowest BCUT2D eigenvalue weighted by Gasteiger charge is -2.19. The zero-order valence-electron chi connectivity index (χ0n) is 13.8. The Kier molecular flexibility index (Phi) is 3.18. The molecule has 26 heavy (non-hydrogen) atoms. The van der Waals surface area contributed by atoms with Gasteiger partial charge in [-0.05, 0) is 35.7 Å². The molecule has 1 aromatic carbocycles. The number of fused-ring (bicyclic) bond motifs is 2. The van der Waals surface area contributed by atoms with Crippen molar-refractivity contribution >= 4 is 33.8 Å². The first-order valence-electron chi connectivity index (χ1n) is 8.48. The fourth-order valence-corrected chi connectivity index (χ4v) is 3.69. The molecule has 1 saturated heterocycles. The van der Waals surface area contributed by atoms with Gasteiger partial charge in [0.25, 0.3) is 0 Å². The summed E-state index contributed by atoms with van der Waals surface area (Å²) in [5.74, 6) is -0.817. The van der Waals surface area contributed by atoms with Crippen molar-refractivity contribution in [3.05, 3.63) is 54.6 Å². The molecule has 0 bridgehead atoms. The summed E-state index contributed by atoms with van der Waals surface area (Å²) in [5, 5.41) is 4.36. The quantitative estimate of drug-likeness (QED) is 0.544. The Hall–Kier alpha value is -3.41. The van der Waals surface area contributed by atoms with Crippen molar-refractivity contribution in [3.63, 3.8) is 0 Å². The van der Waals surface area contributed by atoms with Crippen molar-refractivity contribution in [2.24, 2.45) is 0 Å². The maximum atomic E-state index is 12.2. The average Bonchev–Trinajstić information content (AvgIpc) is 3.27. The Morgan fingerprint density at radius 2 is 2.04 bits per heavy atom. The molecule has 0 aliphatic carbocycles. The highest BCUT2D eigenvalue weighted by molar-refractivity contribution is 6.03. The molecular formula is C20H15N3O3. The zero-order chi connectivity index (χ0) is 17.7. The van der Waals surface area contributed by atoms with Crippen LogP contribution < -0.4 is 5.32 Å². The Morgan fingerprint density at radius 1 is 1.12 bits per heavy atom. The monoisotopic (exact) mass is 345 g/mol. The number of nitrogens with zero attached hydrogens (tertiary/aromatic N) is 1. The summed E-state index contributed by atoms with van der Waals surface area (Å²) in [6.07, 6.45) is 6.13. The summed E-state index contributed by atoms with van der Waals surface area (Å²) in [4.78, 5) is 31.0. The molecule has 2 N–H and O–H groups in total. The molecule has 1 unspecified atom stereocenters. The van der Waals surface area contributed by atoms with Crippen LogP contribution in [0.25, 0.3) is 33.1 Å². The minimum atomic E-state index is -0.350. The molecule has 4 heterocycles. The summed E-state index contributed by atoms with van der Waals surface area (Å²) >= 11 is 0. The largest absolute Gasteiger partial charge is 0.464 e. The number of imide groups is 1. The number of pyridine rings is 1. The first-order chi connectivity index (χ1) is 12.7. The number of piperidine rings is 1. The lowest BCUT2D eigenvalue weighted by molar-refractivity contribution is -0.134. The number of benzene rings is 1. The molecule has 1 aliphatic heterocycles. The van der Waals surface area contributed by atoms with E-state index in [4.69, 9.17) is 4.42 Å². The molecular weight excluding hydrogens is 330 g/mol. The van der Waals surface area contributed by atoms with Crippen molar-refractivity contribution < 1.29 is 14.0 Å². The summed E-state index contributed by atoms with van der Waals surface area (Å²) in [6.45, 7) is 0. The summed E-state index contributed by atoms with van der Waals surface area (Å²) in [5.41, 5.74) is 4.48. The number of carbonyl (C=O) groups is 2. The predicted molar refractivity (Wildman–Crippen MR) is 96.4 cm³/mol. The summed E-state index contributed by atoms with van der Waals surface area (Å²) < 4.78 is 5.74. The second-order valence-corrected chi connectivity index (χ2v) is 6.50. The Balaban J connectivity index is 1.59. The van der Waals surface area contributed by atoms with Crippen LogP contribution in [0.5, 0.6) is 0 Å². The van der Waals surface area contributed by atoms with Crippen LogP contribution in [0.4, 0.5) is 0 Å². The molecule has 3 aromatic heterocycles. The molecule has 6 nitrogen and oxygen atoms in total. The first kappa shape index (κ1) is 14.9. The molecule has 6 heteroatoms. The van der Waals surface area contributed by atoms with Crippen LogP contribution in [-0.4, -0.2) is 21.8 Å². The summed E-state index contributed by atoms with van der Waals surface area (Å²) in [6, 6.07) is 9.95. The highest BCUT2D eigenvalue weighted by Crippen LogP contribution is 2.35. The smallest absolute Gasteiger partial charge is 0.234 e. The molecule has 0 spiro atoms. The maximum absolute atomic E-state index is 12.2. The predicted octanol–water partition coefficient (Wildman–Crippen LogP) is 3.50. The summed E-state index contributed by atoms with van der Waals surface area (Å²) in [7, 11) is 0. The standard InChI is InChI=1S/C20H15N3O3/c24-18-4-3-15(20(25)23-18)16-10-26-17-9-11(1-2-13(16)17)12-5-7-21-19-14(12)6-8-22-19/h1-2,5-10,15H,3-4H2,(H,21,22)(H,23,24,25). The number of H-pyrrole nitrogens is 1. The molecule has 1 aliphatic rings. The highest BCUT2D eigenvalue weighted by atomic mass is 16.3. The van der Waals surface area contributed by atoms with Gasteiger partial charge in [0, 0.05) is 35.2 Å². The molecule has 0 radical (unpaired) electrons. The van der Waals surface area contributed by atoms with Crippen molar-refractivity contribution in [3.8, 4) is 11.1 Å². The Bertz CT molecular complexity index is 1170. The van der Waals surface area contributed by atoms with E-state index in [2.05, 4.69) is 15.3 Å². The molecule has 0 saturated carbocycles. The van der Waals surface area contributed by atoms with Gasteiger partial charge in [-0.3, -0.25) is 14.9 Å². The van der Waals surface area contributed by atoms with Crippen LogP contribution in [0.1, 0.15) is 24.3 Å². The van der Waals surface area contributed by atoms with Crippen LogP contribution in [-0.2, 0) is 9.59 Å². The molecule has 128 valence electrons. The van der Waals surface area contributed by atoms with E-state index in [1.807, 2.05) is 36.5 Å². The van der Waals surface area contributed by atoms with Crippen molar-refractivity contribution in [1.29, 1.82) is 0 Å². The van der Waals surface area contributed by atoms with Gasteiger partial charge in [-0.2, -0.15) is 0 Å². The lowest BCUT2D eigenvalue weighted by Crippen LogP contribution is -2.39. The Morgan fingerprint density at radius 3 is 2.92 bits per heavy atom. The van der Waals surface area contributed by atoms with Gasteiger partial charge in [0.05, 0.1) is 12.2 Å². The maximum Gasteiger partial charge on any atom is 0.234 e. The van der Waals surface area contributed by atoms with Crippen LogP contribution in [0.2, 0.25) is 0 Å². The van der Waals surface area contributed by atoms with E-state index >= 15 is 0 Å². The molecule has 1 fully saturated rings. The third-order valence-corrected chi connectivity index (χ3v) is 4.99. The van der Waals surface area contributed by atoms with E-state index in [-0.39, 0.29) is 17.7 Å². The zero-order valence-corrected chi connectivity index (χ0v) is 13.8. The van der Waals surface area contributed by atoms with Crippen LogP contribution in [0, 0.1) is 0 Å². The van der Waals surface area contributed by atoms with Crippen molar-refractivity contribution in [2.75, 3.05) is 0 Å². The molecule has 5 rings (SSSR count). The number of nitrogens with one attached hydrogen (secondary N) is 2. The molecule has 4 aromatic rings. The number of aromatic nitrogens is 2. The number of amides is 2. The van der Waals surface area contributed by atoms with Gasteiger partial charge in [-0.15, -0.1) is 0 Å². The van der Waals surface area contributed by atoms with Crippen LogP contribution >= 0.6 is 0 Å². The van der Waals surface area contributed by atoms with Gasteiger partial charge in [0.15, 0.2) is 0 Å².